The van der Waals surface area contributed by atoms with Crippen LogP contribution in [0.4, 0.5) is 0 Å². The van der Waals surface area contributed by atoms with Gasteiger partial charge in [0.15, 0.2) is 5.58 Å². The first-order chi connectivity index (χ1) is 10.7. The molecule has 3 nitrogen and oxygen atoms in total. The predicted molar refractivity (Wildman–Crippen MR) is 88.8 cm³/mol. The summed E-state index contributed by atoms with van der Waals surface area (Å²) < 4.78 is 7.81. The number of hydrogen-bond acceptors (Lipinski definition) is 2. The van der Waals surface area contributed by atoms with Crippen molar-refractivity contribution in [1.29, 1.82) is 0 Å². The molecule has 0 aliphatic rings. The van der Waals surface area contributed by atoms with Crippen molar-refractivity contribution in [3.8, 4) is 17.1 Å². The minimum absolute atomic E-state index is 0.446. The maximum Gasteiger partial charge on any atom is 0.228 e. The topological polar surface area (TPSA) is 31.0 Å². The van der Waals surface area contributed by atoms with E-state index in [-0.39, 0.29) is 0 Å². The van der Waals surface area contributed by atoms with Gasteiger partial charge in [-0.3, -0.25) is 0 Å². The van der Waals surface area contributed by atoms with Gasteiger partial charge in [0.05, 0.1) is 15.6 Å². The molecule has 0 aliphatic carbocycles. The van der Waals surface area contributed by atoms with Crippen molar-refractivity contribution < 1.29 is 4.42 Å². The van der Waals surface area contributed by atoms with Crippen LogP contribution in [0.5, 0.6) is 0 Å². The van der Waals surface area contributed by atoms with Crippen LogP contribution >= 0.6 is 23.2 Å². The molecule has 0 atom stereocenters. The predicted octanol–water partition coefficient (Wildman–Crippen LogP) is 5.59. The highest BCUT2D eigenvalue weighted by molar-refractivity contribution is 6.43. The number of fused-ring (bicyclic) bond motifs is 1. The third-order valence-corrected chi connectivity index (χ3v) is 4.27. The van der Waals surface area contributed by atoms with E-state index in [1.807, 2.05) is 59.4 Å². The molecule has 0 aliphatic heterocycles. The molecule has 2 aromatic carbocycles. The molecule has 0 amide bonds. The molecule has 5 heteroatoms. The fourth-order valence-corrected chi connectivity index (χ4v) is 2.75. The van der Waals surface area contributed by atoms with Gasteiger partial charge in [0.1, 0.15) is 5.52 Å². The third-order valence-electron chi connectivity index (χ3n) is 3.46. The van der Waals surface area contributed by atoms with Crippen LogP contribution < -0.4 is 0 Å². The van der Waals surface area contributed by atoms with Gasteiger partial charge in [-0.15, -0.1) is 0 Å². The second-order valence-corrected chi connectivity index (χ2v) is 5.65. The van der Waals surface area contributed by atoms with E-state index < -0.39 is 0 Å². The van der Waals surface area contributed by atoms with E-state index in [1.165, 1.54) is 0 Å². The number of benzene rings is 2. The minimum atomic E-state index is 0.446. The molecule has 0 bridgehead atoms. The molecule has 2 aromatic heterocycles. The zero-order chi connectivity index (χ0) is 15.1. The number of oxazole rings is 1. The molecule has 2 heterocycles. The van der Waals surface area contributed by atoms with Crippen molar-refractivity contribution in [1.82, 2.24) is 9.55 Å². The van der Waals surface area contributed by atoms with E-state index in [0.29, 0.717) is 27.1 Å². The van der Waals surface area contributed by atoms with Crippen molar-refractivity contribution in [2.75, 3.05) is 0 Å². The fourth-order valence-electron chi connectivity index (χ4n) is 2.37. The summed E-state index contributed by atoms with van der Waals surface area (Å²) in [5.74, 6) is 0.465. The summed E-state index contributed by atoms with van der Waals surface area (Å²) in [5.41, 5.74) is 3.20. The maximum absolute atomic E-state index is 6.23. The first-order valence-electron chi connectivity index (χ1n) is 6.71. The average Bonchev–Trinajstić information content (AvgIpc) is 3.17. The Hall–Kier alpha value is -2.23. The van der Waals surface area contributed by atoms with Gasteiger partial charge in [-0.1, -0.05) is 29.3 Å². The van der Waals surface area contributed by atoms with Crippen LogP contribution in [0.25, 0.3) is 28.2 Å². The van der Waals surface area contributed by atoms with Crippen LogP contribution in [0.1, 0.15) is 0 Å². The van der Waals surface area contributed by atoms with E-state index in [4.69, 9.17) is 27.6 Å². The van der Waals surface area contributed by atoms with E-state index in [9.17, 15) is 0 Å². The first kappa shape index (κ1) is 13.4. The van der Waals surface area contributed by atoms with Crippen LogP contribution in [-0.2, 0) is 0 Å². The molecule has 4 aromatic rings. The molecule has 0 saturated heterocycles. The number of aromatic nitrogens is 2. The number of nitrogens with zero attached hydrogens (tertiary/aromatic N) is 2. The SMILES string of the molecule is Clc1cccc(-c2nc3cc(-n4cccc4)ccc3o2)c1Cl. The Labute approximate surface area is 136 Å². The summed E-state index contributed by atoms with van der Waals surface area (Å²) in [6.07, 6.45) is 3.96. The quantitative estimate of drug-likeness (QED) is 0.480. The molecule has 0 fully saturated rings. The smallest absolute Gasteiger partial charge is 0.228 e. The monoisotopic (exact) mass is 328 g/mol. The Morgan fingerprint density at radius 3 is 2.59 bits per heavy atom. The van der Waals surface area contributed by atoms with Crippen molar-refractivity contribution in [3.63, 3.8) is 0 Å². The Kier molecular flexibility index (Phi) is 3.17. The minimum Gasteiger partial charge on any atom is -0.436 e. The molecule has 0 N–H and O–H groups in total. The van der Waals surface area contributed by atoms with E-state index in [1.54, 1.807) is 6.07 Å². The Morgan fingerprint density at radius 2 is 1.77 bits per heavy atom. The lowest BCUT2D eigenvalue weighted by atomic mass is 10.2. The zero-order valence-electron chi connectivity index (χ0n) is 11.3. The normalized spacial score (nSPS) is 11.2. The molecular weight excluding hydrogens is 319 g/mol. The number of hydrogen-bond donors (Lipinski definition) is 0. The van der Waals surface area contributed by atoms with Crippen molar-refractivity contribution in [2.24, 2.45) is 0 Å². The highest BCUT2D eigenvalue weighted by Gasteiger charge is 2.13. The van der Waals surface area contributed by atoms with Crippen LogP contribution in [0, 0.1) is 0 Å². The van der Waals surface area contributed by atoms with Gasteiger partial charge in [0.2, 0.25) is 5.89 Å². The fraction of sp³-hybridized carbons (Fsp3) is 0. The first-order valence-corrected chi connectivity index (χ1v) is 7.46. The number of rotatable bonds is 2. The lowest BCUT2D eigenvalue weighted by Gasteiger charge is -2.00. The second kappa shape index (κ2) is 5.20. The lowest BCUT2D eigenvalue weighted by molar-refractivity contribution is 0.620. The van der Waals surface area contributed by atoms with E-state index in [0.717, 1.165) is 11.2 Å². The summed E-state index contributed by atoms with van der Waals surface area (Å²) in [5, 5.41) is 0.927. The van der Waals surface area contributed by atoms with Crippen LogP contribution in [0.15, 0.2) is 65.3 Å². The van der Waals surface area contributed by atoms with Crippen LogP contribution in [0.3, 0.4) is 0 Å². The summed E-state index contributed by atoms with van der Waals surface area (Å²) in [6, 6.07) is 15.2. The van der Waals surface area contributed by atoms with E-state index >= 15 is 0 Å². The molecule has 4 rings (SSSR count). The van der Waals surface area contributed by atoms with Gasteiger partial charge in [-0.25, -0.2) is 4.98 Å². The van der Waals surface area contributed by atoms with Crippen molar-refractivity contribution >= 4 is 34.3 Å². The second-order valence-electron chi connectivity index (χ2n) is 4.86. The van der Waals surface area contributed by atoms with Gasteiger partial charge in [-0.05, 0) is 42.5 Å². The van der Waals surface area contributed by atoms with Crippen molar-refractivity contribution in [3.05, 3.63) is 71.0 Å². The molecule has 0 saturated carbocycles. The Morgan fingerprint density at radius 1 is 0.955 bits per heavy atom. The summed E-state index contributed by atoms with van der Waals surface area (Å²) in [4.78, 5) is 4.53. The summed E-state index contributed by atoms with van der Waals surface area (Å²) >= 11 is 12.3. The highest BCUT2D eigenvalue weighted by Crippen LogP contribution is 2.34. The van der Waals surface area contributed by atoms with Gasteiger partial charge in [0, 0.05) is 18.1 Å². The molecule has 22 heavy (non-hydrogen) atoms. The molecule has 108 valence electrons. The van der Waals surface area contributed by atoms with E-state index in [2.05, 4.69) is 4.98 Å². The molecule has 0 radical (unpaired) electrons. The zero-order valence-corrected chi connectivity index (χ0v) is 12.8. The van der Waals surface area contributed by atoms with Gasteiger partial charge in [-0.2, -0.15) is 0 Å². The third kappa shape index (κ3) is 2.19. The standard InChI is InChI=1S/C17H10Cl2N2O/c18-13-5-3-4-12(16(13)19)17-20-14-10-11(6-7-15(14)22-17)21-8-1-2-9-21/h1-10H. The lowest BCUT2D eigenvalue weighted by Crippen LogP contribution is -1.88. The van der Waals surface area contributed by atoms with Crippen LogP contribution in [-0.4, -0.2) is 9.55 Å². The van der Waals surface area contributed by atoms with Gasteiger partial charge in [0.25, 0.3) is 0 Å². The molecule has 0 spiro atoms. The largest absolute Gasteiger partial charge is 0.436 e. The average molecular weight is 329 g/mol. The van der Waals surface area contributed by atoms with Gasteiger partial charge >= 0.3 is 0 Å². The molecular formula is C17H10Cl2N2O. The molecule has 0 unspecified atom stereocenters. The summed E-state index contributed by atoms with van der Waals surface area (Å²) in [6.45, 7) is 0. The Balaban J connectivity index is 1.86. The number of halogens is 2. The van der Waals surface area contributed by atoms with Gasteiger partial charge < -0.3 is 8.98 Å². The highest BCUT2D eigenvalue weighted by atomic mass is 35.5. The maximum atomic E-state index is 6.23. The Bertz CT molecular complexity index is 958. The van der Waals surface area contributed by atoms with Crippen LogP contribution in [0.2, 0.25) is 10.0 Å². The van der Waals surface area contributed by atoms with Crippen molar-refractivity contribution in [2.45, 2.75) is 0 Å². The summed E-state index contributed by atoms with van der Waals surface area (Å²) in [7, 11) is 0.